The topological polar surface area (TPSA) is 110 Å². The molecule has 2 N–H and O–H groups in total. The van der Waals surface area contributed by atoms with Crippen LogP contribution in [0.1, 0.15) is 45.2 Å². The second kappa shape index (κ2) is 10.5. The fraction of sp³-hybridized carbons (Fsp3) is 0.161. The van der Waals surface area contributed by atoms with Crippen LogP contribution in [-0.4, -0.2) is 37.9 Å². The quantitative estimate of drug-likeness (QED) is 0.173. The molecule has 0 spiro atoms. The van der Waals surface area contributed by atoms with Crippen LogP contribution in [0.4, 0.5) is 0 Å². The zero-order valence-electron chi connectivity index (χ0n) is 22.4. The van der Waals surface area contributed by atoms with Crippen molar-refractivity contribution in [3.05, 3.63) is 93.0 Å². The molecule has 0 aliphatic carbocycles. The Kier molecular flexibility index (Phi) is 6.89. The van der Waals surface area contributed by atoms with E-state index in [0.717, 1.165) is 11.1 Å². The van der Waals surface area contributed by atoms with E-state index in [-0.39, 0.29) is 11.8 Å². The standard InChI is InChI=1S/C31H24Cl2N6O2/c1-4-23(36-30(40)17-7-5-9-21-26(17)38-24-15(2)11-13-19(32)28(24)34-21)37-31(41)18-8-6-10-22-27(18)39-25-16(3)12-14-20(33)29(25)35-22/h5-14,23H,4H2,1-3H3,(H,36,40)(H,37,41). The predicted molar refractivity (Wildman–Crippen MR) is 163 cm³/mol. The van der Waals surface area contributed by atoms with E-state index in [1.54, 1.807) is 48.5 Å². The summed E-state index contributed by atoms with van der Waals surface area (Å²) >= 11 is 12.7. The zero-order chi connectivity index (χ0) is 28.8. The van der Waals surface area contributed by atoms with Crippen LogP contribution in [0.25, 0.3) is 44.1 Å². The average Bonchev–Trinajstić information content (AvgIpc) is 2.98. The van der Waals surface area contributed by atoms with E-state index in [1.165, 1.54) is 0 Å². The van der Waals surface area contributed by atoms with Crippen molar-refractivity contribution >= 4 is 79.1 Å². The molecular formula is C31H24Cl2N6O2. The van der Waals surface area contributed by atoms with E-state index in [9.17, 15) is 9.59 Å². The number of aryl methyl sites for hydroxylation is 2. The van der Waals surface area contributed by atoms with Crippen molar-refractivity contribution in [2.24, 2.45) is 0 Å². The highest BCUT2D eigenvalue weighted by Crippen LogP contribution is 2.28. The highest BCUT2D eigenvalue weighted by atomic mass is 35.5. The van der Waals surface area contributed by atoms with Gasteiger partial charge in [0.1, 0.15) is 28.2 Å². The van der Waals surface area contributed by atoms with Crippen LogP contribution in [0, 0.1) is 13.8 Å². The number of nitrogens with one attached hydrogen (secondary N) is 2. The van der Waals surface area contributed by atoms with Gasteiger partial charge in [0.05, 0.1) is 43.2 Å². The number of carbonyl (C=O) groups is 2. The van der Waals surface area contributed by atoms with E-state index in [2.05, 4.69) is 20.6 Å². The first-order valence-electron chi connectivity index (χ1n) is 13.1. The maximum Gasteiger partial charge on any atom is 0.255 e. The summed E-state index contributed by atoms with van der Waals surface area (Å²) in [6.07, 6.45) is -0.214. The summed E-state index contributed by atoms with van der Waals surface area (Å²) in [6, 6.07) is 17.7. The van der Waals surface area contributed by atoms with Gasteiger partial charge in [0.2, 0.25) is 0 Å². The van der Waals surface area contributed by atoms with E-state index in [1.807, 2.05) is 32.9 Å². The lowest BCUT2D eigenvalue weighted by molar-refractivity contribution is 0.0883. The Morgan fingerprint density at radius 2 is 1.07 bits per heavy atom. The number of benzene rings is 4. The Balaban J connectivity index is 1.31. The van der Waals surface area contributed by atoms with Crippen molar-refractivity contribution in [2.45, 2.75) is 33.4 Å². The molecule has 0 radical (unpaired) electrons. The summed E-state index contributed by atoms with van der Waals surface area (Å²) in [5.41, 5.74) is 6.92. The van der Waals surface area contributed by atoms with Gasteiger partial charge in [-0.05, 0) is 67.8 Å². The number of halogens is 2. The number of hydrogen-bond acceptors (Lipinski definition) is 6. The van der Waals surface area contributed by atoms with Crippen molar-refractivity contribution in [2.75, 3.05) is 0 Å². The third-order valence-corrected chi connectivity index (χ3v) is 7.67. The summed E-state index contributed by atoms with van der Waals surface area (Å²) in [6.45, 7) is 5.70. The van der Waals surface area contributed by atoms with E-state index in [0.29, 0.717) is 71.7 Å². The molecule has 4 aromatic carbocycles. The molecular weight excluding hydrogens is 559 g/mol. The van der Waals surface area contributed by atoms with E-state index >= 15 is 0 Å². The maximum absolute atomic E-state index is 13.5. The molecule has 0 aliphatic heterocycles. The first kappa shape index (κ1) is 26.8. The number of hydrogen-bond donors (Lipinski definition) is 2. The Labute approximate surface area is 245 Å². The molecule has 0 unspecified atom stereocenters. The van der Waals surface area contributed by atoms with Gasteiger partial charge in [-0.1, -0.05) is 54.4 Å². The van der Waals surface area contributed by atoms with Gasteiger partial charge in [-0.15, -0.1) is 0 Å². The lowest BCUT2D eigenvalue weighted by Gasteiger charge is -2.19. The normalized spacial score (nSPS) is 11.6. The Bertz CT molecular complexity index is 1900. The van der Waals surface area contributed by atoms with Crippen molar-refractivity contribution in [3.63, 3.8) is 0 Å². The first-order chi connectivity index (χ1) is 19.7. The SMILES string of the molecule is CCC(NC(=O)c1cccc2nc3c(Cl)ccc(C)c3nc12)NC(=O)c1cccc2nc3c(Cl)ccc(C)c3nc12. The van der Waals surface area contributed by atoms with Crippen LogP contribution in [0.2, 0.25) is 10.0 Å². The minimum Gasteiger partial charge on any atom is -0.332 e. The summed E-state index contributed by atoms with van der Waals surface area (Å²) in [7, 11) is 0. The molecule has 6 rings (SSSR count). The van der Waals surface area contributed by atoms with Gasteiger partial charge < -0.3 is 10.6 Å². The Morgan fingerprint density at radius 1 is 0.634 bits per heavy atom. The fourth-order valence-corrected chi connectivity index (χ4v) is 5.22. The van der Waals surface area contributed by atoms with E-state index in [4.69, 9.17) is 33.2 Å². The monoisotopic (exact) mass is 582 g/mol. The number of fused-ring (bicyclic) bond motifs is 4. The van der Waals surface area contributed by atoms with Gasteiger partial charge >= 0.3 is 0 Å². The zero-order valence-corrected chi connectivity index (χ0v) is 23.9. The molecule has 204 valence electrons. The predicted octanol–water partition coefficient (Wildman–Crippen LogP) is 6.70. The highest BCUT2D eigenvalue weighted by molar-refractivity contribution is 6.35. The molecule has 6 aromatic rings. The number of para-hydroxylation sites is 2. The third kappa shape index (κ3) is 4.79. The summed E-state index contributed by atoms with van der Waals surface area (Å²) in [4.78, 5) is 45.8. The van der Waals surface area contributed by atoms with Crippen LogP contribution in [0.5, 0.6) is 0 Å². The van der Waals surface area contributed by atoms with Gasteiger partial charge in [-0.25, -0.2) is 19.9 Å². The van der Waals surface area contributed by atoms with Crippen molar-refractivity contribution in [1.29, 1.82) is 0 Å². The van der Waals surface area contributed by atoms with Crippen LogP contribution >= 0.6 is 23.2 Å². The van der Waals surface area contributed by atoms with Crippen molar-refractivity contribution < 1.29 is 9.59 Å². The molecule has 2 aromatic heterocycles. The number of rotatable bonds is 5. The molecule has 10 heteroatoms. The summed E-state index contributed by atoms with van der Waals surface area (Å²) in [5.74, 6) is -0.768. The molecule has 0 saturated carbocycles. The Hall–Kier alpha value is -4.40. The van der Waals surface area contributed by atoms with Gasteiger partial charge in [0.15, 0.2) is 0 Å². The molecule has 0 fully saturated rings. The largest absolute Gasteiger partial charge is 0.332 e. The van der Waals surface area contributed by atoms with Crippen molar-refractivity contribution in [3.8, 4) is 0 Å². The van der Waals surface area contributed by atoms with Crippen LogP contribution in [0.15, 0.2) is 60.7 Å². The molecule has 0 saturated heterocycles. The number of carbonyl (C=O) groups excluding carboxylic acids is 2. The van der Waals surface area contributed by atoms with Gasteiger partial charge in [0.25, 0.3) is 11.8 Å². The molecule has 2 amide bonds. The fourth-order valence-electron chi connectivity index (χ4n) is 4.83. The smallest absolute Gasteiger partial charge is 0.255 e. The summed E-state index contributed by atoms with van der Waals surface area (Å²) in [5, 5.41) is 6.84. The average molecular weight is 583 g/mol. The maximum atomic E-state index is 13.5. The third-order valence-electron chi connectivity index (χ3n) is 7.06. The van der Waals surface area contributed by atoms with Crippen LogP contribution in [-0.2, 0) is 0 Å². The van der Waals surface area contributed by atoms with Crippen molar-refractivity contribution in [1.82, 2.24) is 30.6 Å². The minimum atomic E-state index is -0.658. The molecule has 0 bridgehead atoms. The molecule has 2 heterocycles. The highest BCUT2D eigenvalue weighted by Gasteiger charge is 2.21. The van der Waals surface area contributed by atoms with Gasteiger partial charge in [-0.2, -0.15) is 0 Å². The molecule has 0 aliphatic rings. The molecule has 41 heavy (non-hydrogen) atoms. The van der Waals surface area contributed by atoms with Crippen LogP contribution < -0.4 is 10.6 Å². The lowest BCUT2D eigenvalue weighted by Crippen LogP contribution is -2.47. The second-order valence-corrected chi connectivity index (χ2v) is 10.6. The minimum absolute atomic E-state index is 0.346. The number of amides is 2. The first-order valence-corrected chi connectivity index (χ1v) is 13.8. The van der Waals surface area contributed by atoms with E-state index < -0.39 is 6.17 Å². The van der Waals surface area contributed by atoms with Gasteiger partial charge in [0, 0.05) is 0 Å². The second-order valence-electron chi connectivity index (χ2n) is 9.82. The Morgan fingerprint density at radius 3 is 1.49 bits per heavy atom. The molecule has 8 nitrogen and oxygen atoms in total. The van der Waals surface area contributed by atoms with Crippen LogP contribution in [0.3, 0.4) is 0 Å². The molecule has 0 atom stereocenters. The lowest BCUT2D eigenvalue weighted by atomic mass is 10.1. The number of aromatic nitrogens is 4. The van der Waals surface area contributed by atoms with Gasteiger partial charge in [-0.3, -0.25) is 9.59 Å². The number of nitrogens with zero attached hydrogens (tertiary/aromatic N) is 4. The summed E-state index contributed by atoms with van der Waals surface area (Å²) < 4.78 is 0.